The van der Waals surface area contributed by atoms with Crippen LogP contribution in [0.4, 0.5) is 8.78 Å². The molecule has 13 heavy (non-hydrogen) atoms. The lowest BCUT2D eigenvalue weighted by atomic mass is 10.1. The van der Waals surface area contributed by atoms with Crippen LogP contribution in [0.15, 0.2) is 18.2 Å². The molecular formula is C8H5ClF2O2. The highest BCUT2D eigenvalue weighted by atomic mass is 35.5. The second-order valence-corrected chi connectivity index (χ2v) is 2.78. The Kier molecular flexibility index (Phi) is 2.95. The summed E-state index contributed by atoms with van der Waals surface area (Å²) in [5.74, 6) is -1.74. The maximum atomic E-state index is 12.5. The summed E-state index contributed by atoms with van der Waals surface area (Å²) in [5.41, 5.74) is -0.197. The molecule has 1 atom stereocenters. The number of carbonyl (C=O) groups is 1. The molecule has 0 amide bonds. The van der Waals surface area contributed by atoms with Crippen molar-refractivity contribution in [1.82, 2.24) is 0 Å². The molecule has 0 unspecified atom stereocenters. The van der Waals surface area contributed by atoms with Crippen molar-refractivity contribution in [2.75, 3.05) is 0 Å². The number of benzene rings is 1. The van der Waals surface area contributed by atoms with Gasteiger partial charge in [0, 0.05) is 6.07 Å². The zero-order chi connectivity index (χ0) is 10.0. The molecule has 1 aromatic rings. The summed E-state index contributed by atoms with van der Waals surface area (Å²) in [4.78, 5) is 10.4. The Morgan fingerprint density at radius 1 is 1.31 bits per heavy atom. The summed E-state index contributed by atoms with van der Waals surface area (Å²) in [6, 6.07) is 2.32. The summed E-state index contributed by atoms with van der Waals surface area (Å²) < 4.78 is 25.1. The molecule has 2 nitrogen and oxygen atoms in total. The van der Waals surface area contributed by atoms with Gasteiger partial charge in [0.25, 0.3) is 5.24 Å². The molecule has 0 bridgehead atoms. The molecule has 5 heteroatoms. The molecule has 0 spiro atoms. The molecule has 0 saturated carbocycles. The Morgan fingerprint density at radius 3 is 2.15 bits per heavy atom. The van der Waals surface area contributed by atoms with Crippen molar-refractivity contribution in [3.8, 4) is 0 Å². The zero-order valence-corrected chi connectivity index (χ0v) is 7.05. The summed E-state index contributed by atoms with van der Waals surface area (Å²) in [7, 11) is 0. The summed E-state index contributed by atoms with van der Waals surface area (Å²) in [6.45, 7) is 0. The lowest BCUT2D eigenvalue weighted by molar-refractivity contribution is -0.119. The SMILES string of the molecule is O=C(Cl)[C@H](O)c1cc(F)cc(F)c1. The summed E-state index contributed by atoms with van der Waals surface area (Å²) in [5, 5.41) is 7.95. The molecule has 0 saturated heterocycles. The first-order valence-corrected chi connectivity index (χ1v) is 3.72. The smallest absolute Gasteiger partial charge is 0.254 e. The number of halogens is 3. The molecule has 0 fully saturated rings. The molecule has 0 aliphatic heterocycles. The van der Waals surface area contributed by atoms with Crippen LogP contribution >= 0.6 is 11.6 Å². The van der Waals surface area contributed by atoms with Crippen molar-refractivity contribution in [3.05, 3.63) is 35.4 Å². The molecule has 0 aromatic heterocycles. The third kappa shape index (κ3) is 2.47. The first-order chi connectivity index (χ1) is 6.00. The lowest BCUT2D eigenvalue weighted by Crippen LogP contribution is -2.06. The van der Waals surface area contributed by atoms with Crippen molar-refractivity contribution >= 4 is 16.8 Å². The molecule has 70 valence electrons. The monoisotopic (exact) mass is 206 g/mol. The molecule has 0 aliphatic rings. The van der Waals surface area contributed by atoms with Gasteiger partial charge in [0.2, 0.25) is 0 Å². The number of carbonyl (C=O) groups excluding carboxylic acids is 1. The first kappa shape index (κ1) is 10.1. The van der Waals surface area contributed by atoms with Gasteiger partial charge in [-0.25, -0.2) is 8.78 Å². The highest BCUT2D eigenvalue weighted by molar-refractivity contribution is 6.64. The Morgan fingerprint density at radius 2 is 1.77 bits per heavy atom. The van der Waals surface area contributed by atoms with Crippen LogP contribution in [-0.2, 0) is 4.79 Å². The van der Waals surface area contributed by atoms with Crippen molar-refractivity contribution in [2.45, 2.75) is 6.10 Å². The van der Waals surface area contributed by atoms with Crippen LogP contribution in [0.1, 0.15) is 11.7 Å². The van der Waals surface area contributed by atoms with Crippen molar-refractivity contribution in [2.24, 2.45) is 0 Å². The Balaban J connectivity index is 3.07. The largest absolute Gasteiger partial charge is 0.379 e. The molecule has 0 aliphatic carbocycles. The van der Waals surface area contributed by atoms with E-state index in [1.54, 1.807) is 0 Å². The zero-order valence-electron chi connectivity index (χ0n) is 6.30. The van der Waals surface area contributed by atoms with Crippen LogP contribution in [0.2, 0.25) is 0 Å². The summed E-state index contributed by atoms with van der Waals surface area (Å²) >= 11 is 4.93. The van der Waals surface area contributed by atoms with Crippen molar-refractivity contribution in [3.63, 3.8) is 0 Å². The van der Waals surface area contributed by atoms with Gasteiger partial charge in [-0.3, -0.25) is 4.79 Å². The van der Waals surface area contributed by atoms with E-state index >= 15 is 0 Å². The highest BCUT2D eigenvalue weighted by Gasteiger charge is 2.16. The van der Waals surface area contributed by atoms with Crippen LogP contribution in [0, 0.1) is 11.6 Å². The van der Waals surface area contributed by atoms with Gasteiger partial charge in [-0.15, -0.1) is 0 Å². The fourth-order valence-electron chi connectivity index (χ4n) is 0.864. The lowest BCUT2D eigenvalue weighted by Gasteiger charge is -2.05. The molecule has 0 heterocycles. The Hall–Kier alpha value is -1.00. The quantitative estimate of drug-likeness (QED) is 0.749. The third-order valence-electron chi connectivity index (χ3n) is 1.42. The third-order valence-corrected chi connectivity index (χ3v) is 1.62. The van der Waals surface area contributed by atoms with Gasteiger partial charge in [-0.2, -0.15) is 0 Å². The van der Waals surface area contributed by atoms with E-state index in [2.05, 4.69) is 0 Å². The van der Waals surface area contributed by atoms with Crippen LogP contribution in [-0.4, -0.2) is 10.3 Å². The average Bonchev–Trinajstić information content (AvgIpc) is 2.01. The molecule has 1 rings (SSSR count). The predicted molar refractivity (Wildman–Crippen MR) is 42.2 cm³/mol. The second-order valence-electron chi connectivity index (χ2n) is 2.41. The van der Waals surface area contributed by atoms with E-state index < -0.39 is 23.0 Å². The van der Waals surface area contributed by atoms with E-state index in [0.29, 0.717) is 6.07 Å². The molecular weight excluding hydrogens is 202 g/mol. The number of hydrogen-bond acceptors (Lipinski definition) is 2. The van der Waals surface area contributed by atoms with Gasteiger partial charge >= 0.3 is 0 Å². The van der Waals surface area contributed by atoms with Gasteiger partial charge < -0.3 is 5.11 Å². The fourth-order valence-corrected chi connectivity index (χ4v) is 0.990. The van der Waals surface area contributed by atoms with E-state index in [4.69, 9.17) is 16.7 Å². The minimum Gasteiger partial charge on any atom is -0.379 e. The van der Waals surface area contributed by atoms with Gasteiger partial charge in [-0.05, 0) is 29.3 Å². The molecule has 1 N–H and O–H groups in total. The van der Waals surface area contributed by atoms with Crippen LogP contribution in [0.25, 0.3) is 0 Å². The minimum atomic E-state index is -1.69. The molecule has 0 radical (unpaired) electrons. The van der Waals surface area contributed by atoms with Crippen LogP contribution < -0.4 is 0 Å². The normalized spacial score (nSPS) is 12.6. The number of rotatable bonds is 2. The number of aliphatic hydroxyl groups is 1. The van der Waals surface area contributed by atoms with Gasteiger partial charge in [-0.1, -0.05) is 0 Å². The van der Waals surface area contributed by atoms with Gasteiger partial charge in [0.1, 0.15) is 11.6 Å². The number of hydrogen-bond donors (Lipinski definition) is 1. The van der Waals surface area contributed by atoms with Gasteiger partial charge in [0.05, 0.1) is 0 Å². The standard InChI is InChI=1S/C8H5ClF2O2/c9-8(13)7(12)4-1-5(10)3-6(11)2-4/h1-3,7,12H/t7-/m1/s1. The minimum absolute atomic E-state index is 0.197. The predicted octanol–water partition coefficient (Wildman–Crippen LogP) is 1.76. The summed E-state index contributed by atoms with van der Waals surface area (Å²) in [6.07, 6.45) is -1.69. The van der Waals surface area contributed by atoms with Crippen molar-refractivity contribution in [1.29, 1.82) is 0 Å². The van der Waals surface area contributed by atoms with E-state index in [-0.39, 0.29) is 5.56 Å². The maximum Gasteiger partial charge on any atom is 0.254 e. The molecule has 1 aromatic carbocycles. The first-order valence-electron chi connectivity index (χ1n) is 3.34. The van der Waals surface area contributed by atoms with Crippen LogP contribution in [0.5, 0.6) is 0 Å². The van der Waals surface area contributed by atoms with Crippen LogP contribution in [0.3, 0.4) is 0 Å². The fraction of sp³-hybridized carbons (Fsp3) is 0.125. The van der Waals surface area contributed by atoms with Crippen molar-refractivity contribution < 1.29 is 18.7 Å². The van der Waals surface area contributed by atoms with E-state index in [1.165, 1.54) is 0 Å². The highest BCUT2D eigenvalue weighted by Crippen LogP contribution is 2.18. The van der Waals surface area contributed by atoms with E-state index in [9.17, 15) is 13.6 Å². The Labute approximate surface area is 77.8 Å². The average molecular weight is 207 g/mol. The van der Waals surface area contributed by atoms with E-state index in [1.807, 2.05) is 0 Å². The maximum absolute atomic E-state index is 12.5. The Bertz CT molecular complexity index is 321. The topological polar surface area (TPSA) is 37.3 Å². The van der Waals surface area contributed by atoms with Gasteiger partial charge in [0.15, 0.2) is 6.10 Å². The number of aliphatic hydroxyl groups excluding tert-OH is 1. The second kappa shape index (κ2) is 3.81. The van der Waals surface area contributed by atoms with E-state index in [0.717, 1.165) is 12.1 Å².